The Morgan fingerprint density at radius 2 is 1.62 bits per heavy atom. The van der Waals surface area contributed by atoms with Gasteiger partial charge >= 0.3 is 6.03 Å². The number of hydrogen-bond donors (Lipinski definition) is 3. The van der Waals surface area contributed by atoms with Crippen LogP contribution in [0, 0.1) is 0 Å². The third-order valence-electron chi connectivity index (χ3n) is 4.91. The Labute approximate surface area is 187 Å². The molecule has 6 nitrogen and oxygen atoms in total. The first kappa shape index (κ1) is 20.9. The maximum Gasteiger partial charge on any atom is 0.319 e. The number of pyridine rings is 1. The summed E-state index contributed by atoms with van der Waals surface area (Å²) in [7, 11) is 0. The number of aromatic nitrogens is 1. The van der Waals surface area contributed by atoms with Gasteiger partial charge in [-0.05, 0) is 52.6 Å². The van der Waals surface area contributed by atoms with Gasteiger partial charge in [0.2, 0.25) is 0 Å². The minimum atomic E-state index is -0.299. The van der Waals surface area contributed by atoms with Crippen molar-refractivity contribution in [2.75, 3.05) is 11.1 Å². The molecule has 32 heavy (non-hydrogen) atoms. The fourth-order valence-corrected chi connectivity index (χ4v) is 3.24. The number of ether oxygens (including phenoxy) is 1. The number of nitrogens with one attached hydrogen (secondary N) is 2. The Balaban J connectivity index is 1.31. The Morgan fingerprint density at radius 1 is 0.875 bits per heavy atom. The van der Waals surface area contributed by atoms with E-state index in [1.807, 2.05) is 60.7 Å². The van der Waals surface area contributed by atoms with Gasteiger partial charge in [-0.1, -0.05) is 60.7 Å². The summed E-state index contributed by atoms with van der Waals surface area (Å²) < 4.78 is 5.98. The monoisotopic (exact) mass is 424 g/mol. The van der Waals surface area contributed by atoms with Gasteiger partial charge in [0.05, 0.1) is 0 Å². The summed E-state index contributed by atoms with van der Waals surface area (Å²) in [6, 6.07) is 29.0. The summed E-state index contributed by atoms with van der Waals surface area (Å²) in [5.74, 6) is 1.18. The fourth-order valence-electron chi connectivity index (χ4n) is 3.24. The van der Waals surface area contributed by atoms with Crippen molar-refractivity contribution in [1.29, 1.82) is 0 Å². The highest BCUT2D eigenvalue weighted by Gasteiger charge is 2.06. The molecule has 3 aromatic carbocycles. The van der Waals surface area contributed by atoms with E-state index in [4.69, 9.17) is 10.5 Å². The summed E-state index contributed by atoms with van der Waals surface area (Å²) in [5, 5.41) is 5.59. The number of nitrogens with zero attached hydrogens (tertiary/aromatic N) is 1. The molecule has 0 fully saturated rings. The number of carbonyl (C=O) groups is 1. The standard InChI is InChI=1S/C26H24N4O2/c27-25-15-10-19(16-28-25)17-29-26(31)30-22-11-13-23(14-12-22)32-18-21-8-4-5-9-24(21)20-6-2-1-3-7-20/h1-16H,17-18H2,(H2,27,28)(H2,29,30,31). The number of anilines is 2. The molecule has 4 aromatic rings. The molecule has 0 aliphatic heterocycles. The normalized spacial score (nSPS) is 10.4. The van der Waals surface area contributed by atoms with E-state index in [-0.39, 0.29) is 6.03 Å². The van der Waals surface area contributed by atoms with Crippen molar-refractivity contribution in [2.24, 2.45) is 0 Å². The van der Waals surface area contributed by atoms with Crippen molar-refractivity contribution in [3.63, 3.8) is 0 Å². The first-order chi connectivity index (χ1) is 15.7. The van der Waals surface area contributed by atoms with Crippen LogP contribution < -0.4 is 21.1 Å². The third-order valence-corrected chi connectivity index (χ3v) is 4.91. The molecule has 0 spiro atoms. The van der Waals surface area contributed by atoms with Gasteiger partial charge in [0, 0.05) is 18.4 Å². The van der Waals surface area contributed by atoms with Crippen molar-refractivity contribution in [3.05, 3.63) is 108 Å². The third kappa shape index (κ3) is 5.64. The Bertz CT molecular complexity index is 1160. The molecular formula is C26H24N4O2. The number of carbonyl (C=O) groups excluding carboxylic acids is 1. The van der Waals surface area contributed by atoms with Crippen LogP contribution in [0.5, 0.6) is 5.75 Å². The second kappa shape index (κ2) is 10.1. The molecule has 2 amide bonds. The quantitative estimate of drug-likeness (QED) is 0.379. The van der Waals surface area contributed by atoms with Gasteiger partial charge in [-0.2, -0.15) is 0 Å². The minimum Gasteiger partial charge on any atom is -0.489 e. The molecule has 0 aliphatic rings. The Morgan fingerprint density at radius 3 is 2.38 bits per heavy atom. The van der Waals surface area contributed by atoms with Crippen molar-refractivity contribution >= 4 is 17.5 Å². The Kier molecular flexibility index (Phi) is 6.63. The number of hydrogen-bond acceptors (Lipinski definition) is 4. The maximum atomic E-state index is 12.1. The number of rotatable bonds is 7. The van der Waals surface area contributed by atoms with Crippen LogP contribution in [0.4, 0.5) is 16.3 Å². The zero-order valence-corrected chi connectivity index (χ0v) is 17.5. The number of nitrogens with two attached hydrogens (primary N) is 1. The zero-order valence-electron chi connectivity index (χ0n) is 17.5. The predicted octanol–water partition coefficient (Wildman–Crippen LogP) is 5.23. The number of urea groups is 1. The van der Waals surface area contributed by atoms with E-state index in [2.05, 4.69) is 39.9 Å². The van der Waals surface area contributed by atoms with E-state index >= 15 is 0 Å². The van der Waals surface area contributed by atoms with Crippen LogP contribution in [0.2, 0.25) is 0 Å². The predicted molar refractivity (Wildman–Crippen MR) is 127 cm³/mol. The van der Waals surface area contributed by atoms with Crippen molar-refractivity contribution in [1.82, 2.24) is 10.3 Å². The van der Waals surface area contributed by atoms with Crippen molar-refractivity contribution in [3.8, 4) is 16.9 Å². The molecule has 1 aromatic heterocycles. The van der Waals surface area contributed by atoms with Gasteiger partial charge in [-0.15, -0.1) is 0 Å². The van der Waals surface area contributed by atoms with Crippen molar-refractivity contribution in [2.45, 2.75) is 13.2 Å². The van der Waals surface area contributed by atoms with Gasteiger partial charge in [-0.3, -0.25) is 0 Å². The number of benzene rings is 3. The van der Waals surface area contributed by atoms with Crippen LogP contribution in [0.25, 0.3) is 11.1 Å². The average Bonchev–Trinajstić information content (AvgIpc) is 2.84. The zero-order chi connectivity index (χ0) is 22.2. The van der Waals surface area contributed by atoms with Crippen LogP contribution in [-0.4, -0.2) is 11.0 Å². The SMILES string of the molecule is Nc1ccc(CNC(=O)Nc2ccc(OCc3ccccc3-c3ccccc3)cc2)cn1. The van der Waals surface area contributed by atoms with E-state index in [9.17, 15) is 4.79 Å². The lowest BCUT2D eigenvalue weighted by Gasteiger charge is -2.12. The lowest BCUT2D eigenvalue weighted by atomic mass is 10.0. The minimum absolute atomic E-state index is 0.299. The van der Waals surface area contributed by atoms with Gasteiger partial charge < -0.3 is 21.1 Å². The molecule has 1 heterocycles. The molecule has 0 atom stereocenters. The van der Waals surface area contributed by atoms with Gasteiger partial charge in [0.1, 0.15) is 18.2 Å². The first-order valence-corrected chi connectivity index (χ1v) is 10.3. The molecular weight excluding hydrogens is 400 g/mol. The van der Waals surface area contributed by atoms with Gasteiger partial charge in [-0.25, -0.2) is 9.78 Å². The second-order valence-electron chi connectivity index (χ2n) is 7.24. The number of amides is 2. The topological polar surface area (TPSA) is 89.3 Å². The molecule has 4 rings (SSSR count). The highest BCUT2D eigenvalue weighted by molar-refractivity contribution is 5.89. The first-order valence-electron chi connectivity index (χ1n) is 10.3. The van der Waals surface area contributed by atoms with Crippen LogP contribution in [0.3, 0.4) is 0 Å². The lowest BCUT2D eigenvalue weighted by molar-refractivity contribution is 0.251. The summed E-state index contributed by atoms with van der Waals surface area (Å²) in [5.41, 5.74) is 10.5. The summed E-state index contributed by atoms with van der Waals surface area (Å²) in [4.78, 5) is 16.1. The second-order valence-corrected chi connectivity index (χ2v) is 7.24. The van der Waals surface area contributed by atoms with Gasteiger partial charge in [0.25, 0.3) is 0 Å². The molecule has 4 N–H and O–H groups in total. The van der Waals surface area contributed by atoms with Crippen LogP contribution >= 0.6 is 0 Å². The average molecular weight is 425 g/mol. The fraction of sp³-hybridized carbons (Fsp3) is 0.0769. The van der Waals surface area contributed by atoms with Gasteiger partial charge in [0.15, 0.2) is 0 Å². The molecule has 160 valence electrons. The molecule has 0 radical (unpaired) electrons. The highest BCUT2D eigenvalue weighted by Crippen LogP contribution is 2.25. The van der Waals surface area contributed by atoms with E-state index < -0.39 is 0 Å². The molecule has 0 aliphatic carbocycles. The largest absolute Gasteiger partial charge is 0.489 e. The Hall–Kier alpha value is -4.32. The van der Waals surface area contributed by atoms with E-state index in [0.29, 0.717) is 24.7 Å². The molecule has 0 bridgehead atoms. The molecule has 0 saturated heterocycles. The summed E-state index contributed by atoms with van der Waals surface area (Å²) in [6.45, 7) is 0.815. The van der Waals surface area contributed by atoms with Crippen LogP contribution in [-0.2, 0) is 13.2 Å². The van der Waals surface area contributed by atoms with Crippen molar-refractivity contribution < 1.29 is 9.53 Å². The summed E-state index contributed by atoms with van der Waals surface area (Å²) in [6.07, 6.45) is 1.64. The molecule has 0 unspecified atom stereocenters. The smallest absolute Gasteiger partial charge is 0.319 e. The summed E-state index contributed by atoms with van der Waals surface area (Å²) >= 11 is 0. The van der Waals surface area contributed by atoms with E-state index in [1.165, 1.54) is 0 Å². The van der Waals surface area contributed by atoms with E-state index in [1.54, 1.807) is 12.3 Å². The molecule has 0 saturated carbocycles. The van der Waals surface area contributed by atoms with Crippen LogP contribution in [0.1, 0.15) is 11.1 Å². The molecule has 6 heteroatoms. The maximum absolute atomic E-state index is 12.1. The van der Waals surface area contributed by atoms with Crippen LogP contribution in [0.15, 0.2) is 97.2 Å². The lowest BCUT2D eigenvalue weighted by Crippen LogP contribution is -2.28. The van der Waals surface area contributed by atoms with E-state index in [0.717, 1.165) is 28.0 Å². The highest BCUT2D eigenvalue weighted by atomic mass is 16.5. The number of nitrogen functional groups attached to an aromatic ring is 1.